The number of nitrogens with one attached hydrogen (secondary N) is 2. The molecule has 4 rings (SSSR count). The first-order chi connectivity index (χ1) is 16.9. The second-order valence-electron chi connectivity index (χ2n) is 8.67. The fourth-order valence-corrected chi connectivity index (χ4v) is 4.28. The molecule has 190 valence electrons. The third kappa shape index (κ3) is 5.89. The number of nitro groups is 1. The van der Waals surface area contributed by atoms with Gasteiger partial charge in [-0.05, 0) is 56.2 Å². The van der Waals surface area contributed by atoms with Gasteiger partial charge in [0.05, 0.1) is 16.2 Å². The summed E-state index contributed by atoms with van der Waals surface area (Å²) in [4.78, 5) is 26.3. The summed E-state index contributed by atoms with van der Waals surface area (Å²) in [6.07, 6.45) is 2.67. The van der Waals surface area contributed by atoms with Gasteiger partial charge in [0.25, 0.3) is 11.6 Å². The maximum absolute atomic E-state index is 13.0. The van der Waals surface area contributed by atoms with Crippen molar-refractivity contribution < 1.29 is 28.3 Å². The first-order valence-corrected chi connectivity index (χ1v) is 11.3. The Morgan fingerprint density at radius 1 is 1.33 bits per heavy atom. The van der Waals surface area contributed by atoms with Crippen LogP contribution in [0.25, 0.3) is 11.3 Å². The Morgan fingerprint density at radius 3 is 2.64 bits per heavy atom. The number of β-amino-alcohol motifs (C(OH)–C–C–N with tert-alkyl or cyclic N) is 1. The van der Waals surface area contributed by atoms with E-state index in [1.165, 1.54) is 42.6 Å². The minimum atomic E-state index is -3.88. The molecular weight excluding hydrogens is 500 g/mol. The summed E-state index contributed by atoms with van der Waals surface area (Å²) in [6, 6.07) is 9.32. The van der Waals surface area contributed by atoms with E-state index in [2.05, 4.69) is 20.3 Å². The van der Waals surface area contributed by atoms with E-state index in [1.807, 2.05) is 0 Å². The van der Waals surface area contributed by atoms with Gasteiger partial charge in [-0.3, -0.25) is 20.0 Å². The van der Waals surface area contributed by atoms with E-state index in [0.717, 1.165) is 0 Å². The number of alkyl halides is 3. The van der Waals surface area contributed by atoms with Crippen LogP contribution in [0.4, 0.5) is 25.8 Å². The van der Waals surface area contributed by atoms with Gasteiger partial charge in [0.1, 0.15) is 11.4 Å². The summed E-state index contributed by atoms with van der Waals surface area (Å²) in [7, 11) is 0. The monoisotopic (exact) mass is 521 g/mol. The van der Waals surface area contributed by atoms with Crippen molar-refractivity contribution >= 4 is 34.6 Å². The summed E-state index contributed by atoms with van der Waals surface area (Å²) < 4.78 is 29.8. The van der Waals surface area contributed by atoms with Gasteiger partial charge in [0.15, 0.2) is 0 Å². The zero-order valence-corrected chi connectivity index (χ0v) is 19.8. The first kappa shape index (κ1) is 25.3. The minimum Gasteiger partial charge on any atom is -0.420 e. The lowest BCUT2D eigenvalue weighted by Crippen LogP contribution is -2.46. The van der Waals surface area contributed by atoms with E-state index in [9.17, 15) is 28.8 Å². The highest BCUT2D eigenvalue weighted by atomic mass is 35.5. The number of nitrogens with zero attached hydrogens (tertiary/aromatic N) is 3. The molecule has 1 aliphatic rings. The molecule has 1 saturated heterocycles. The second-order valence-corrected chi connectivity index (χ2v) is 9.11. The zero-order chi connectivity index (χ0) is 26.1. The van der Waals surface area contributed by atoms with Crippen molar-refractivity contribution in [3.05, 3.63) is 64.3 Å². The van der Waals surface area contributed by atoms with Crippen LogP contribution >= 0.6 is 11.6 Å². The number of ether oxygens (including phenoxy) is 1. The van der Waals surface area contributed by atoms with Gasteiger partial charge >= 0.3 is 5.57 Å². The van der Waals surface area contributed by atoms with E-state index in [-0.39, 0.29) is 34.9 Å². The molecule has 3 aromatic rings. The Labute approximate surface area is 209 Å². The number of hydrogen-bond acceptors (Lipinski definition) is 7. The number of hydrogen-bond donors (Lipinski definition) is 3. The smallest absolute Gasteiger partial charge is 0.420 e. The third-order valence-corrected chi connectivity index (χ3v) is 5.75. The Bertz CT molecular complexity index is 1260. The van der Waals surface area contributed by atoms with Crippen LogP contribution in [0.2, 0.25) is 0 Å². The van der Waals surface area contributed by atoms with Crippen LogP contribution in [0.1, 0.15) is 30.1 Å². The Balaban J connectivity index is 1.70. The minimum absolute atomic E-state index is 0.00793. The average molecular weight is 522 g/mol. The molecule has 1 aliphatic heterocycles. The molecule has 1 amide bonds. The number of rotatable bonds is 7. The van der Waals surface area contributed by atoms with Crippen molar-refractivity contribution in [3.63, 3.8) is 0 Å². The first-order valence-electron chi connectivity index (χ1n) is 10.9. The normalized spacial score (nSPS) is 18.1. The molecule has 10 nitrogen and oxygen atoms in total. The van der Waals surface area contributed by atoms with Crippen molar-refractivity contribution in [2.45, 2.75) is 30.9 Å². The average Bonchev–Trinajstić information content (AvgIpc) is 3.32. The molecular formula is C23H22ClF2N5O5. The van der Waals surface area contributed by atoms with Gasteiger partial charge in [-0.1, -0.05) is 0 Å². The number of carbonyl (C=O) groups excluding carboxylic acids is 1. The van der Waals surface area contributed by atoms with Crippen molar-refractivity contribution in [1.82, 2.24) is 10.2 Å². The molecule has 13 heteroatoms. The van der Waals surface area contributed by atoms with Crippen LogP contribution in [0.3, 0.4) is 0 Å². The number of amides is 1. The number of aromatic amines is 1. The van der Waals surface area contributed by atoms with Crippen LogP contribution in [0.5, 0.6) is 5.75 Å². The standard InChI is InChI=1S/C23H22ClF2N5O5/c1-22(33)8-2-10-30(13-22)20-17(18-7-9-27-29-18)11-14(12-19(20)31(34)35)21(32)28-15-3-5-16(6-4-15)36-23(24,25)26/h3-7,9,11-12,33H,2,8,10,13H2,1H3,(H,27,29)(H,28,32). The fourth-order valence-electron chi connectivity index (χ4n) is 4.19. The lowest BCUT2D eigenvalue weighted by atomic mass is 9.93. The Hall–Kier alpha value is -3.77. The largest absolute Gasteiger partial charge is 0.487 e. The predicted octanol–water partition coefficient (Wildman–Crippen LogP) is 4.76. The van der Waals surface area contributed by atoms with E-state index in [0.29, 0.717) is 30.6 Å². The summed E-state index contributed by atoms with van der Waals surface area (Å²) in [5, 5.41) is 32.0. The molecule has 0 aliphatic carbocycles. The molecule has 1 fully saturated rings. The number of aromatic nitrogens is 2. The fraction of sp³-hybridized carbons (Fsp3) is 0.304. The van der Waals surface area contributed by atoms with Crippen LogP contribution in [0, 0.1) is 10.1 Å². The number of aliphatic hydroxyl groups is 1. The van der Waals surface area contributed by atoms with Crippen LogP contribution < -0.4 is 15.0 Å². The van der Waals surface area contributed by atoms with Crippen molar-refractivity contribution in [3.8, 4) is 17.0 Å². The van der Waals surface area contributed by atoms with E-state index in [4.69, 9.17) is 11.6 Å². The molecule has 2 heterocycles. The van der Waals surface area contributed by atoms with Crippen molar-refractivity contribution in [1.29, 1.82) is 0 Å². The number of carbonyl (C=O) groups is 1. The van der Waals surface area contributed by atoms with E-state index < -0.39 is 22.0 Å². The van der Waals surface area contributed by atoms with Gasteiger partial charge < -0.3 is 20.1 Å². The van der Waals surface area contributed by atoms with Gasteiger partial charge in [-0.25, -0.2) is 0 Å². The maximum atomic E-state index is 13.0. The van der Waals surface area contributed by atoms with Crippen molar-refractivity contribution in [2.24, 2.45) is 0 Å². The highest BCUT2D eigenvalue weighted by Gasteiger charge is 2.34. The second kappa shape index (κ2) is 9.70. The molecule has 2 aromatic carbocycles. The van der Waals surface area contributed by atoms with Crippen molar-refractivity contribution in [2.75, 3.05) is 23.3 Å². The SMILES string of the molecule is CC1(O)CCCN(c2c(-c3ccn[nH]3)cc(C(=O)Nc3ccc(OC(F)(F)Cl)cc3)cc2[N+](=O)[O-])C1. The number of benzene rings is 2. The number of nitro benzene ring substituents is 1. The van der Waals surface area contributed by atoms with E-state index in [1.54, 1.807) is 17.9 Å². The lowest BCUT2D eigenvalue weighted by molar-refractivity contribution is -0.384. The zero-order valence-electron chi connectivity index (χ0n) is 19.0. The molecule has 1 aromatic heterocycles. The van der Waals surface area contributed by atoms with Crippen LogP contribution in [-0.4, -0.2) is 50.4 Å². The summed E-state index contributed by atoms with van der Waals surface area (Å²) in [5.41, 5.74) is -3.89. The van der Waals surface area contributed by atoms with Gasteiger partial charge in [-0.15, -0.1) is 8.78 Å². The highest BCUT2D eigenvalue weighted by Crippen LogP contribution is 2.41. The molecule has 0 radical (unpaired) electrons. The number of piperidine rings is 1. The molecule has 1 unspecified atom stereocenters. The third-order valence-electron chi connectivity index (χ3n) is 5.68. The summed E-state index contributed by atoms with van der Waals surface area (Å²) in [5.74, 6) is -0.876. The predicted molar refractivity (Wildman–Crippen MR) is 129 cm³/mol. The van der Waals surface area contributed by atoms with Crippen LogP contribution in [-0.2, 0) is 0 Å². The quantitative estimate of drug-likeness (QED) is 0.232. The lowest BCUT2D eigenvalue weighted by Gasteiger charge is -2.38. The summed E-state index contributed by atoms with van der Waals surface area (Å²) >= 11 is 4.75. The van der Waals surface area contributed by atoms with E-state index >= 15 is 0 Å². The van der Waals surface area contributed by atoms with Gasteiger partial charge in [0.2, 0.25) is 0 Å². The Kier molecular flexibility index (Phi) is 6.83. The molecule has 1 atom stereocenters. The molecule has 0 bridgehead atoms. The number of H-pyrrole nitrogens is 1. The molecule has 3 N–H and O–H groups in total. The molecule has 36 heavy (non-hydrogen) atoms. The van der Waals surface area contributed by atoms with Crippen LogP contribution in [0.15, 0.2) is 48.7 Å². The summed E-state index contributed by atoms with van der Waals surface area (Å²) in [6.45, 7) is 2.34. The molecule has 0 saturated carbocycles. The van der Waals surface area contributed by atoms with Gasteiger partial charge in [-0.2, -0.15) is 5.10 Å². The molecule has 0 spiro atoms. The number of anilines is 2. The number of halogens is 3. The highest BCUT2D eigenvalue weighted by molar-refractivity contribution is 6.20. The Morgan fingerprint density at radius 2 is 2.06 bits per heavy atom. The van der Waals surface area contributed by atoms with Gasteiger partial charge in [0, 0.05) is 53.8 Å². The topological polar surface area (TPSA) is 134 Å². The maximum Gasteiger partial charge on any atom is 0.487 e.